The van der Waals surface area contributed by atoms with E-state index in [0.29, 0.717) is 11.8 Å². The fraction of sp³-hybridized carbons (Fsp3) is 0.273. The Morgan fingerprint density at radius 2 is 2.20 bits per heavy atom. The van der Waals surface area contributed by atoms with Crippen molar-refractivity contribution >= 4 is 22.5 Å². The lowest BCUT2D eigenvalue weighted by Gasteiger charge is -2.05. The molecule has 0 saturated heterocycles. The molecule has 15 heavy (non-hydrogen) atoms. The molecule has 3 nitrogen and oxygen atoms in total. The quantitative estimate of drug-likeness (QED) is 0.749. The molecule has 2 rings (SSSR count). The summed E-state index contributed by atoms with van der Waals surface area (Å²) < 4.78 is 5.50. The van der Waals surface area contributed by atoms with E-state index in [0.717, 1.165) is 23.1 Å². The third kappa shape index (κ3) is 2.18. The predicted molar refractivity (Wildman–Crippen MR) is 60.3 cm³/mol. The van der Waals surface area contributed by atoms with E-state index >= 15 is 0 Å². The minimum absolute atomic E-state index is 0.460. The number of fused-ring (bicyclic) bond motifs is 1. The van der Waals surface area contributed by atoms with Crippen LogP contribution in [-0.2, 0) is 0 Å². The molecule has 0 unspecified atom stereocenters. The van der Waals surface area contributed by atoms with Crippen LogP contribution in [0.25, 0.3) is 10.9 Å². The highest BCUT2D eigenvalue weighted by molar-refractivity contribution is 6.34. The van der Waals surface area contributed by atoms with E-state index in [9.17, 15) is 0 Å². The molecule has 0 atom stereocenters. The van der Waals surface area contributed by atoms with Gasteiger partial charge in [-0.2, -0.15) is 0 Å². The van der Waals surface area contributed by atoms with Crippen molar-refractivity contribution in [2.45, 2.75) is 13.3 Å². The third-order valence-electron chi connectivity index (χ3n) is 2.03. The Kier molecular flexibility index (Phi) is 3.02. The van der Waals surface area contributed by atoms with Gasteiger partial charge in [0.05, 0.1) is 12.1 Å². The van der Waals surface area contributed by atoms with Crippen LogP contribution in [0.5, 0.6) is 5.75 Å². The van der Waals surface area contributed by atoms with E-state index in [2.05, 4.69) is 16.9 Å². The number of hydrogen-bond donors (Lipinski definition) is 0. The zero-order valence-corrected chi connectivity index (χ0v) is 9.16. The van der Waals surface area contributed by atoms with Crippen molar-refractivity contribution in [1.29, 1.82) is 0 Å². The summed E-state index contributed by atoms with van der Waals surface area (Å²) in [6.07, 6.45) is 2.44. The van der Waals surface area contributed by atoms with Crippen LogP contribution in [-0.4, -0.2) is 16.6 Å². The Morgan fingerprint density at radius 1 is 1.33 bits per heavy atom. The molecule has 1 aromatic heterocycles. The maximum Gasteiger partial charge on any atom is 0.140 e. The summed E-state index contributed by atoms with van der Waals surface area (Å²) in [6.45, 7) is 2.77. The lowest BCUT2D eigenvalue weighted by Crippen LogP contribution is -1.95. The van der Waals surface area contributed by atoms with Gasteiger partial charge in [0.1, 0.15) is 17.2 Å². The van der Waals surface area contributed by atoms with Crippen LogP contribution in [0.2, 0.25) is 5.15 Å². The second kappa shape index (κ2) is 4.45. The topological polar surface area (TPSA) is 35.0 Å². The maximum atomic E-state index is 5.96. The van der Waals surface area contributed by atoms with Gasteiger partial charge in [-0.25, -0.2) is 9.97 Å². The van der Waals surface area contributed by atoms with Gasteiger partial charge in [0.2, 0.25) is 0 Å². The average Bonchev–Trinajstić information content (AvgIpc) is 2.27. The molecule has 0 aliphatic rings. The van der Waals surface area contributed by atoms with Crippen LogP contribution in [0.4, 0.5) is 0 Å². The lowest BCUT2D eigenvalue weighted by atomic mass is 10.2. The lowest BCUT2D eigenvalue weighted by molar-refractivity contribution is 0.318. The van der Waals surface area contributed by atoms with Gasteiger partial charge >= 0.3 is 0 Å². The van der Waals surface area contributed by atoms with E-state index in [1.165, 1.54) is 6.33 Å². The Hall–Kier alpha value is -1.35. The van der Waals surface area contributed by atoms with Gasteiger partial charge < -0.3 is 4.74 Å². The Labute approximate surface area is 93.1 Å². The number of halogens is 1. The van der Waals surface area contributed by atoms with Gasteiger partial charge in [0.15, 0.2) is 0 Å². The summed E-state index contributed by atoms with van der Waals surface area (Å²) >= 11 is 5.96. The van der Waals surface area contributed by atoms with Crippen LogP contribution in [0.3, 0.4) is 0 Å². The zero-order chi connectivity index (χ0) is 10.7. The summed E-state index contributed by atoms with van der Waals surface area (Å²) in [4.78, 5) is 8.04. The molecule has 0 radical (unpaired) electrons. The molecule has 0 saturated carbocycles. The molecule has 4 heteroatoms. The fourth-order valence-corrected chi connectivity index (χ4v) is 1.51. The number of aromatic nitrogens is 2. The van der Waals surface area contributed by atoms with Crippen molar-refractivity contribution in [1.82, 2.24) is 9.97 Å². The van der Waals surface area contributed by atoms with Gasteiger partial charge in [0, 0.05) is 5.39 Å². The summed E-state index contributed by atoms with van der Waals surface area (Å²) in [7, 11) is 0. The smallest absolute Gasteiger partial charge is 0.140 e. The van der Waals surface area contributed by atoms with Crippen LogP contribution in [0, 0.1) is 0 Å². The van der Waals surface area contributed by atoms with E-state index in [1.54, 1.807) is 0 Å². The van der Waals surface area contributed by atoms with E-state index in [1.807, 2.05) is 18.2 Å². The molecule has 1 aromatic carbocycles. The molecule has 2 aromatic rings. The minimum Gasteiger partial charge on any atom is -0.494 e. The zero-order valence-electron chi connectivity index (χ0n) is 8.40. The van der Waals surface area contributed by atoms with Gasteiger partial charge in [-0.3, -0.25) is 0 Å². The molecule has 0 N–H and O–H groups in total. The summed E-state index contributed by atoms with van der Waals surface area (Å²) in [6, 6.07) is 5.64. The monoisotopic (exact) mass is 222 g/mol. The molecule has 0 bridgehead atoms. The molecule has 78 valence electrons. The summed E-state index contributed by atoms with van der Waals surface area (Å²) in [5.74, 6) is 0.807. The summed E-state index contributed by atoms with van der Waals surface area (Å²) in [5, 5.41) is 1.29. The molecule has 0 spiro atoms. The van der Waals surface area contributed by atoms with Crippen LogP contribution in [0.15, 0.2) is 24.5 Å². The van der Waals surface area contributed by atoms with Crippen LogP contribution in [0.1, 0.15) is 13.3 Å². The van der Waals surface area contributed by atoms with E-state index in [-0.39, 0.29) is 0 Å². The first-order valence-electron chi connectivity index (χ1n) is 4.84. The van der Waals surface area contributed by atoms with Crippen molar-refractivity contribution < 1.29 is 4.74 Å². The van der Waals surface area contributed by atoms with Gasteiger partial charge in [-0.05, 0) is 24.6 Å². The van der Waals surface area contributed by atoms with E-state index in [4.69, 9.17) is 16.3 Å². The van der Waals surface area contributed by atoms with Crippen molar-refractivity contribution in [3.63, 3.8) is 0 Å². The standard InChI is InChI=1S/C11H11ClN2O/c1-2-5-15-8-3-4-10-9(6-8)11(12)14-7-13-10/h3-4,6-7H,2,5H2,1H3. The first-order chi connectivity index (χ1) is 7.31. The number of nitrogens with zero attached hydrogens (tertiary/aromatic N) is 2. The van der Waals surface area contributed by atoms with Crippen LogP contribution >= 0.6 is 11.6 Å². The maximum absolute atomic E-state index is 5.96. The second-order valence-corrected chi connectivity index (χ2v) is 3.55. The first kappa shape index (κ1) is 10.2. The third-order valence-corrected chi connectivity index (χ3v) is 2.33. The first-order valence-corrected chi connectivity index (χ1v) is 5.22. The molecule has 0 amide bonds. The fourth-order valence-electron chi connectivity index (χ4n) is 1.31. The molecule has 0 aliphatic carbocycles. The second-order valence-electron chi connectivity index (χ2n) is 3.19. The summed E-state index contributed by atoms with van der Waals surface area (Å²) in [5.41, 5.74) is 0.832. The molecule has 1 heterocycles. The highest BCUT2D eigenvalue weighted by Gasteiger charge is 2.02. The number of rotatable bonds is 3. The highest BCUT2D eigenvalue weighted by Crippen LogP contribution is 2.24. The minimum atomic E-state index is 0.460. The molecule has 0 aliphatic heterocycles. The van der Waals surface area contributed by atoms with Crippen molar-refractivity contribution in [3.05, 3.63) is 29.7 Å². The van der Waals surface area contributed by atoms with Crippen molar-refractivity contribution in [2.24, 2.45) is 0 Å². The highest BCUT2D eigenvalue weighted by atomic mass is 35.5. The Morgan fingerprint density at radius 3 is 3.00 bits per heavy atom. The van der Waals surface area contributed by atoms with Gasteiger partial charge in [0.25, 0.3) is 0 Å². The Bertz CT molecular complexity index is 473. The average molecular weight is 223 g/mol. The Balaban J connectivity index is 2.41. The largest absolute Gasteiger partial charge is 0.494 e. The van der Waals surface area contributed by atoms with Gasteiger partial charge in [-0.15, -0.1) is 0 Å². The number of hydrogen-bond acceptors (Lipinski definition) is 3. The molecular weight excluding hydrogens is 212 g/mol. The SMILES string of the molecule is CCCOc1ccc2ncnc(Cl)c2c1. The van der Waals surface area contributed by atoms with Crippen molar-refractivity contribution in [3.8, 4) is 5.75 Å². The molecular formula is C11H11ClN2O. The number of ether oxygens (including phenoxy) is 1. The van der Waals surface area contributed by atoms with Gasteiger partial charge in [-0.1, -0.05) is 18.5 Å². The normalized spacial score (nSPS) is 10.5. The van der Waals surface area contributed by atoms with E-state index < -0.39 is 0 Å². The van der Waals surface area contributed by atoms with Crippen LogP contribution < -0.4 is 4.74 Å². The predicted octanol–water partition coefficient (Wildman–Crippen LogP) is 3.07. The number of benzene rings is 1. The molecule has 0 fully saturated rings. The van der Waals surface area contributed by atoms with Crippen molar-refractivity contribution in [2.75, 3.05) is 6.61 Å².